The molecule has 1 fully saturated rings. The summed E-state index contributed by atoms with van der Waals surface area (Å²) in [5.41, 5.74) is 3.35. The van der Waals surface area contributed by atoms with Crippen LogP contribution in [0.2, 0.25) is 5.02 Å². The molecule has 1 saturated carbocycles. The molecule has 4 aromatic rings. The average Bonchev–Trinajstić information content (AvgIpc) is 3.41. The SMILES string of the molecule is Clc1ccccc1Cn1nnc2c(NC3CCCC3)nc(-c3ccccc3)nc21. The van der Waals surface area contributed by atoms with Gasteiger partial charge in [0.05, 0.1) is 6.54 Å². The van der Waals surface area contributed by atoms with Crippen LogP contribution in [0.15, 0.2) is 54.6 Å². The van der Waals surface area contributed by atoms with Gasteiger partial charge in [-0.2, -0.15) is 0 Å². The van der Waals surface area contributed by atoms with E-state index < -0.39 is 0 Å². The van der Waals surface area contributed by atoms with Gasteiger partial charge in [0.2, 0.25) is 0 Å². The van der Waals surface area contributed by atoms with Gasteiger partial charge in [-0.3, -0.25) is 0 Å². The summed E-state index contributed by atoms with van der Waals surface area (Å²) in [5.74, 6) is 1.42. The molecule has 1 N–H and O–H groups in total. The lowest BCUT2D eigenvalue weighted by molar-refractivity contribution is 0.664. The van der Waals surface area contributed by atoms with Crippen molar-refractivity contribution in [1.82, 2.24) is 25.0 Å². The van der Waals surface area contributed by atoms with Crippen LogP contribution >= 0.6 is 11.6 Å². The molecule has 2 aromatic heterocycles. The van der Waals surface area contributed by atoms with E-state index in [0.29, 0.717) is 34.6 Å². The van der Waals surface area contributed by atoms with Crippen LogP contribution in [0.1, 0.15) is 31.2 Å². The van der Waals surface area contributed by atoms with Gasteiger partial charge in [0.15, 0.2) is 22.8 Å². The fraction of sp³-hybridized carbons (Fsp3) is 0.273. The molecule has 0 spiro atoms. The quantitative estimate of drug-likeness (QED) is 0.510. The van der Waals surface area contributed by atoms with Crippen molar-refractivity contribution in [3.8, 4) is 11.4 Å². The summed E-state index contributed by atoms with van der Waals surface area (Å²) in [6.45, 7) is 0.504. The van der Waals surface area contributed by atoms with Crippen molar-refractivity contribution in [2.45, 2.75) is 38.3 Å². The zero-order chi connectivity index (χ0) is 19.6. The predicted octanol–water partition coefficient (Wildman–Crippen LogP) is 4.94. The Morgan fingerprint density at radius 3 is 2.52 bits per heavy atom. The van der Waals surface area contributed by atoms with E-state index in [1.165, 1.54) is 12.8 Å². The number of aromatic nitrogens is 5. The number of nitrogens with zero attached hydrogens (tertiary/aromatic N) is 5. The first kappa shape index (κ1) is 18.1. The Labute approximate surface area is 173 Å². The highest BCUT2D eigenvalue weighted by Crippen LogP contribution is 2.28. The first-order valence-corrected chi connectivity index (χ1v) is 10.3. The molecule has 2 aromatic carbocycles. The van der Waals surface area contributed by atoms with Crippen LogP contribution in [-0.2, 0) is 6.54 Å². The van der Waals surface area contributed by atoms with E-state index in [0.717, 1.165) is 29.8 Å². The zero-order valence-electron chi connectivity index (χ0n) is 15.9. The third kappa shape index (κ3) is 3.68. The van der Waals surface area contributed by atoms with Gasteiger partial charge in [-0.05, 0) is 24.5 Å². The zero-order valence-corrected chi connectivity index (χ0v) is 16.7. The Morgan fingerprint density at radius 2 is 1.72 bits per heavy atom. The Kier molecular flexibility index (Phi) is 4.86. The van der Waals surface area contributed by atoms with Crippen molar-refractivity contribution < 1.29 is 0 Å². The summed E-state index contributed by atoms with van der Waals surface area (Å²) in [4.78, 5) is 9.62. The monoisotopic (exact) mass is 404 g/mol. The van der Waals surface area contributed by atoms with Gasteiger partial charge in [-0.15, -0.1) is 5.10 Å². The molecule has 0 atom stereocenters. The standard InChI is InChI=1S/C22H21ClN6/c23-18-13-7-4-10-16(18)14-29-22-19(27-28-29)21(24-17-11-5-6-12-17)25-20(26-22)15-8-2-1-3-9-15/h1-4,7-10,13,17H,5-6,11-12,14H2,(H,24,25,26). The van der Waals surface area contributed by atoms with E-state index in [1.807, 2.05) is 54.6 Å². The van der Waals surface area contributed by atoms with Gasteiger partial charge in [-0.1, -0.05) is 78.2 Å². The number of benzene rings is 2. The van der Waals surface area contributed by atoms with Crippen molar-refractivity contribution in [2.75, 3.05) is 5.32 Å². The minimum absolute atomic E-state index is 0.422. The maximum atomic E-state index is 6.36. The van der Waals surface area contributed by atoms with Gasteiger partial charge in [0.25, 0.3) is 0 Å². The van der Waals surface area contributed by atoms with Gasteiger partial charge in [0.1, 0.15) is 0 Å². The van der Waals surface area contributed by atoms with Crippen LogP contribution in [0.5, 0.6) is 0 Å². The summed E-state index contributed by atoms with van der Waals surface area (Å²) < 4.78 is 1.80. The van der Waals surface area contributed by atoms with Crippen molar-refractivity contribution in [3.63, 3.8) is 0 Å². The Balaban J connectivity index is 1.61. The predicted molar refractivity (Wildman–Crippen MR) is 115 cm³/mol. The topological polar surface area (TPSA) is 68.5 Å². The number of rotatable bonds is 5. The molecule has 1 aliphatic carbocycles. The first-order chi connectivity index (χ1) is 14.3. The average molecular weight is 405 g/mol. The lowest BCUT2D eigenvalue weighted by Gasteiger charge is -2.14. The summed E-state index contributed by atoms with van der Waals surface area (Å²) in [6.07, 6.45) is 4.80. The van der Waals surface area contributed by atoms with Crippen molar-refractivity contribution in [1.29, 1.82) is 0 Å². The first-order valence-electron chi connectivity index (χ1n) is 9.94. The molecule has 0 saturated heterocycles. The Morgan fingerprint density at radius 1 is 0.966 bits per heavy atom. The van der Waals surface area contributed by atoms with E-state index in [-0.39, 0.29) is 0 Å². The smallest absolute Gasteiger partial charge is 0.184 e. The largest absolute Gasteiger partial charge is 0.365 e. The highest BCUT2D eigenvalue weighted by Gasteiger charge is 2.21. The van der Waals surface area contributed by atoms with Crippen molar-refractivity contribution in [2.24, 2.45) is 0 Å². The molecular weight excluding hydrogens is 384 g/mol. The highest BCUT2D eigenvalue weighted by atomic mass is 35.5. The molecule has 1 aliphatic rings. The summed E-state index contributed by atoms with van der Waals surface area (Å²) in [6, 6.07) is 18.2. The summed E-state index contributed by atoms with van der Waals surface area (Å²) in [5, 5.41) is 13.1. The van der Waals surface area contributed by atoms with Crippen LogP contribution < -0.4 is 5.32 Å². The second kappa shape index (κ2) is 7.79. The van der Waals surface area contributed by atoms with Crippen LogP contribution in [0, 0.1) is 0 Å². The lowest BCUT2D eigenvalue weighted by Crippen LogP contribution is -2.16. The minimum atomic E-state index is 0.422. The van der Waals surface area contributed by atoms with Crippen LogP contribution in [-0.4, -0.2) is 31.0 Å². The van der Waals surface area contributed by atoms with Crippen LogP contribution in [0.25, 0.3) is 22.6 Å². The Bertz CT molecular complexity index is 1130. The minimum Gasteiger partial charge on any atom is -0.365 e. The van der Waals surface area contributed by atoms with Crippen LogP contribution in [0.3, 0.4) is 0 Å². The molecule has 6 nitrogen and oxygen atoms in total. The Hall–Kier alpha value is -2.99. The van der Waals surface area contributed by atoms with E-state index in [4.69, 9.17) is 21.6 Å². The van der Waals surface area contributed by atoms with E-state index in [2.05, 4.69) is 15.6 Å². The molecule has 0 amide bonds. The van der Waals surface area contributed by atoms with E-state index in [1.54, 1.807) is 4.68 Å². The molecule has 5 rings (SSSR count). The van der Waals surface area contributed by atoms with Gasteiger partial charge < -0.3 is 5.32 Å². The molecule has 0 aliphatic heterocycles. The normalized spacial score (nSPS) is 14.5. The molecule has 146 valence electrons. The van der Waals surface area contributed by atoms with E-state index in [9.17, 15) is 0 Å². The number of fused-ring (bicyclic) bond motifs is 1. The molecule has 0 bridgehead atoms. The van der Waals surface area contributed by atoms with Gasteiger partial charge >= 0.3 is 0 Å². The number of hydrogen-bond donors (Lipinski definition) is 1. The maximum absolute atomic E-state index is 6.36. The molecule has 0 unspecified atom stereocenters. The van der Waals surface area contributed by atoms with Crippen LogP contribution in [0.4, 0.5) is 5.82 Å². The molecule has 29 heavy (non-hydrogen) atoms. The fourth-order valence-electron chi connectivity index (χ4n) is 3.83. The molecular formula is C22H21ClN6. The van der Waals surface area contributed by atoms with Crippen molar-refractivity contribution >= 4 is 28.6 Å². The summed E-state index contributed by atoms with van der Waals surface area (Å²) in [7, 11) is 0. The van der Waals surface area contributed by atoms with Crippen molar-refractivity contribution in [3.05, 3.63) is 65.2 Å². The molecule has 7 heteroatoms. The second-order valence-electron chi connectivity index (χ2n) is 7.40. The number of halogens is 1. The number of nitrogens with one attached hydrogen (secondary N) is 1. The third-order valence-corrected chi connectivity index (χ3v) is 5.74. The van der Waals surface area contributed by atoms with Gasteiger partial charge in [0, 0.05) is 16.6 Å². The third-order valence-electron chi connectivity index (χ3n) is 5.37. The number of hydrogen-bond acceptors (Lipinski definition) is 5. The lowest BCUT2D eigenvalue weighted by atomic mass is 10.2. The molecule has 2 heterocycles. The fourth-order valence-corrected chi connectivity index (χ4v) is 4.03. The second-order valence-corrected chi connectivity index (χ2v) is 7.81. The van der Waals surface area contributed by atoms with Gasteiger partial charge in [-0.25, -0.2) is 14.6 Å². The summed E-state index contributed by atoms with van der Waals surface area (Å²) >= 11 is 6.36. The maximum Gasteiger partial charge on any atom is 0.184 e. The molecule has 0 radical (unpaired) electrons. The highest BCUT2D eigenvalue weighted by molar-refractivity contribution is 6.31. The number of anilines is 1. The van der Waals surface area contributed by atoms with E-state index >= 15 is 0 Å².